The van der Waals surface area contributed by atoms with Gasteiger partial charge in [0.25, 0.3) is 0 Å². The molecule has 17 heavy (non-hydrogen) atoms. The summed E-state index contributed by atoms with van der Waals surface area (Å²) >= 11 is 0. The molecule has 0 amide bonds. The highest BCUT2D eigenvalue weighted by molar-refractivity contribution is 4.91. The van der Waals surface area contributed by atoms with Gasteiger partial charge in [-0.3, -0.25) is 4.90 Å². The normalized spacial score (nSPS) is 30.5. The largest absolute Gasteiger partial charge is 0.379 e. The molecule has 1 N–H and O–H groups in total. The van der Waals surface area contributed by atoms with E-state index in [-0.39, 0.29) is 0 Å². The summed E-state index contributed by atoms with van der Waals surface area (Å²) in [4.78, 5) is 2.70. The molecule has 1 aliphatic heterocycles. The van der Waals surface area contributed by atoms with Gasteiger partial charge in [0.1, 0.15) is 0 Å². The van der Waals surface area contributed by atoms with Crippen molar-refractivity contribution in [1.82, 2.24) is 10.2 Å². The molecule has 2 fully saturated rings. The zero-order valence-electron chi connectivity index (χ0n) is 11.5. The van der Waals surface area contributed by atoms with Crippen LogP contribution < -0.4 is 5.32 Å². The third-order valence-electron chi connectivity index (χ3n) is 4.04. The Kier molecular flexibility index (Phi) is 5.26. The minimum absolute atomic E-state index is 0.375. The second-order valence-corrected chi connectivity index (χ2v) is 5.72. The van der Waals surface area contributed by atoms with Crippen molar-refractivity contribution in [2.45, 2.75) is 64.1 Å². The maximum absolute atomic E-state index is 5.63. The fourth-order valence-electron chi connectivity index (χ4n) is 3.21. The van der Waals surface area contributed by atoms with Crippen molar-refractivity contribution < 1.29 is 4.74 Å². The molecule has 3 heteroatoms. The first-order valence-electron chi connectivity index (χ1n) is 7.36. The average molecular weight is 240 g/mol. The Morgan fingerprint density at radius 2 is 2.12 bits per heavy atom. The predicted octanol–water partition coefficient (Wildman–Crippen LogP) is 2.02. The van der Waals surface area contributed by atoms with E-state index in [4.69, 9.17) is 4.74 Å². The fraction of sp³-hybridized carbons (Fsp3) is 1.00. The van der Waals surface area contributed by atoms with Crippen molar-refractivity contribution in [3.63, 3.8) is 0 Å². The van der Waals surface area contributed by atoms with E-state index in [1.807, 2.05) is 0 Å². The van der Waals surface area contributed by atoms with Crippen LogP contribution >= 0.6 is 0 Å². The maximum atomic E-state index is 5.63. The lowest BCUT2D eigenvalue weighted by molar-refractivity contribution is 0.0497. The van der Waals surface area contributed by atoms with Crippen LogP contribution in [0.2, 0.25) is 0 Å². The second-order valence-electron chi connectivity index (χ2n) is 5.72. The summed E-state index contributed by atoms with van der Waals surface area (Å²) < 4.78 is 5.63. The van der Waals surface area contributed by atoms with Gasteiger partial charge in [-0.1, -0.05) is 12.8 Å². The first-order valence-corrected chi connectivity index (χ1v) is 7.36. The van der Waals surface area contributed by atoms with Crippen LogP contribution in [0.1, 0.15) is 46.0 Å². The Labute approximate surface area is 106 Å². The summed E-state index contributed by atoms with van der Waals surface area (Å²) in [6.07, 6.45) is 7.16. The molecule has 1 saturated carbocycles. The van der Waals surface area contributed by atoms with Crippen LogP contribution in [0.25, 0.3) is 0 Å². The summed E-state index contributed by atoms with van der Waals surface area (Å²) in [7, 11) is 0. The first kappa shape index (κ1) is 13.3. The lowest BCUT2D eigenvalue weighted by Crippen LogP contribution is -2.59. The van der Waals surface area contributed by atoms with Gasteiger partial charge in [-0.2, -0.15) is 0 Å². The summed E-state index contributed by atoms with van der Waals surface area (Å²) in [5, 5.41) is 3.69. The van der Waals surface area contributed by atoms with Gasteiger partial charge in [0.15, 0.2) is 0 Å². The molecule has 2 rings (SSSR count). The first-order chi connectivity index (χ1) is 8.27. The molecule has 0 unspecified atom stereocenters. The number of nitrogens with one attached hydrogen (secondary N) is 1. The molecular formula is C14H28N2O. The van der Waals surface area contributed by atoms with Crippen LogP contribution in [0.5, 0.6) is 0 Å². The van der Waals surface area contributed by atoms with Gasteiger partial charge < -0.3 is 10.1 Å². The lowest BCUT2D eigenvalue weighted by atomic mass is 9.87. The highest BCUT2D eigenvalue weighted by atomic mass is 16.5. The molecule has 0 aromatic rings. The highest BCUT2D eigenvalue weighted by Gasteiger charge is 2.32. The molecule has 1 aliphatic carbocycles. The van der Waals surface area contributed by atoms with Gasteiger partial charge in [0, 0.05) is 38.3 Å². The molecule has 0 bridgehead atoms. The summed E-state index contributed by atoms with van der Waals surface area (Å²) in [6, 6.07) is 1.57. The number of rotatable bonds is 5. The van der Waals surface area contributed by atoms with Crippen molar-refractivity contribution in [3.05, 3.63) is 0 Å². The van der Waals surface area contributed by atoms with Crippen molar-refractivity contribution in [1.29, 1.82) is 0 Å². The molecule has 1 heterocycles. The Morgan fingerprint density at radius 3 is 2.94 bits per heavy atom. The van der Waals surface area contributed by atoms with Crippen LogP contribution in [0.3, 0.4) is 0 Å². The van der Waals surface area contributed by atoms with Crippen LogP contribution in [0.15, 0.2) is 0 Å². The highest BCUT2D eigenvalue weighted by Crippen LogP contribution is 2.25. The number of nitrogens with zero attached hydrogens (tertiary/aromatic N) is 1. The summed E-state index contributed by atoms with van der Waals surface area (Å²) in [6.45, 7) is 8.76. The third-order valence-corrected chi connectivity index (χ3v) is 4.04. The van der Waals surface area contributed by atoms with Gasteiger partial charge in [-0.15, -0.1) is 0 Å². The van der Waals surface area contributed by atoms with Gasteiger partial charge in [-0.25, -0.2) is 0 Å². The van der Waals surface area contributed by atoms with Crippen molar-refractivity contribution in [2.75, 3.05) is 26.2 Å². The Balaban J connectivity index is 1.71. The van der Waals surface area contributed by atoms with E-state index < -0.39 is 0 Å². The zero-order chi connectivity index (χ0) is 12.1. The molecule has 0 radical (unpaired) electrons. The summed E-state index contributed by atoms with van der Waals surface area (Å²) in [5.74, 6) is 0. The Morgan fingerprint density at radius 1 is 1.29 bits per heavy atom. The number of hydrogen-bond donors (Lipinski definition) is 1. The van der Waals surface area contributed by atoms with Crippen LogP contribution in [0.4, 0.5) is 0 Å². The minimum atomic E-state index is 0.375. The van der Waals surface area contributed by atoms with Gasteiger partial charge in [0.2, 0.25) is 0 Å². The molecule has 100 valence electrons. The lowest BCUT2D eigenvalue weighted by Gasteiger charge is -2.44. The smallest absolute Gasteiger partial charge is 0.0518 e. The fourth-order valence-corrected chi connectivity index (χ4v) is 3.21. The standard InChI is InChI=1S/C14H28N2O/c1-12(2)17-11-5-9-16-10-8-15-13-6-3-4-7-14(13)16/h12-15H,3-11H2,1-2H3/t13-,14-/m0/s1. The van der Waals surface area contributed by atoms with E-state index in [0.717, 1.165) is 18.7 Å². The molecule has 1 saturated heterocycles. The third kappa shape index (κ3) is 3.94. The van der Waals surface area contributed by atoms with Gasteiger partial charge in [-0.05, 0) is 33.1 Å². The predicted molar refractivity (Wildman–Crippen MR) is 71.3 cm³/mol. The number of ether oxygens (including phenoxy) is 1. The maximum Gasteiger partial charge on any atom is 0.0518 e. The molecule has 2 aliphatic rings. The molecule has 2 atom stereocenters. The van der Waals surface area contributed by atoms with Crippen LogP contribution in [-0.4, -0.2) is 49.3 Å². The van der Waals surface area contributed by atoms with Crippen molar-refractivity contribution in [2.24, 2.45) is 0 Å². The van der Waals surface area contributed by atoms with E-state index in [9.17, 15) is 0 Å². The van der Waals surface area contributed by atoms with Crippen molar-refractivity contribution in [3.8, 4) is 0 Å². The number of piperazine rings is 1. The molecular weight excluding hydrogens is 212 g/mol. The van der Waals surface area contributed by atoms with Crippen LogP contribution in [-0.2, 0) is 4.74 Å². The van der Waals surface area contributed by atoms with Gasteiger partial charge >= 0.3 is 0 Å². The minimum Gasteiger partial charge on any atom is -0.379 e. The van der Waals surface area contributed by atoms with Crippen LogP contribution in [0, 0.1) is 0 Å². The number of hydrogen-bond acceptors (Lipinski definition) is 3. The van der Waals surface area contributed by atoms with E-state index in [1.54, 1.807) is 0 Å². The molecule has 0 aromatic carbocycles. The van der Waals surface area contributed by atoms with Gasteiger partial charge in [0.05, 0.1) is 6.10 Å². The Hall–Kier alpha value is -0.120. The molecule has 3 nitrogen and oxygen atoms in total. The SMILES string of the molecule is CC(C)OCCCN1CCN[C@H]2CCCC[C@@H]21. The van der Waals surface area contributed by atoms with Crippen molar-refractivity contribution >= 4 is 0 Å². The average Bonchev–Trinajstić information content (AvgIpc) is 2.34. The topological polar surface area (TPSA) is 24.5 Å². The van der Waals surface area contributed by atoms with E-state index in [0.29, 0.717) is 6.10 Å². The Bertz CT molecular complexity index is 218. The zero-order valence-corrected chi connectivity index (χ0v) is 11.5. The van der Waals surface area contributed by atoms with E-state index in [1.165, 1.54) is 51.7 Å². The quantitative estimate of drug-likeness (QED) is 0.744. The van der Waals surface area contributed by atoms with E-state index >= 15 is 0 Å². The second kappa shape index (κ2) is 6.72. The van der Waals surface area contributed by atoms with E-state index in [2.05, 4.69) is 24.1 Å². The number of fused-ring (bicyclic) bond motifs is 1. The monoisotopic (exact) mass is 240 g/mol. The molecule has 0 spiro atoms. The summed E-state index contributed by atoms with van der Waals surface area (Å²) in [5.41, 5.74) is 0. The molecule has 0 aromatic heterocycles.